The zero-order chi connectivity index (χ0) is 7.94. The van der Waals surface area contributed by atoms with Crippen LogP contribution in [0.2, 0.25) is 0 Å². The molecule has 0 spiro atoms. The molecule has 56 valence electrons. The van der Waals surface area contributed by atoms with Crippen molar-refractivity contribution in [2.75, 3.05) is 0 Å². The monoisotopic (exact) mass is 146 g/mol. The van der Waals surface area contributed by atoms with E-state index in [-0.39, 0.29) is 0 Å². The lowest BCUT2D eigenvalue weighted by molar-refractivity contribution is 1.47. The molecule has 0 aliphatic carbocycles. The fraction of sp³-hybridized carbons (Fsp3) is 0.111. The van der Waals surface area contributed by atoms with Gasteiger partial charge in [-0.15, -0.1) is 0 Å². The number of aliphatic imine (C=N–C) groups is 1. The van der Waals surface area contributed by atoms with Crippen LogP contribution in [0.1, 0.15) is 6.42 Å². The molecule has 2 nitrogen and oxygen atoms in total. The molecule has 11 heavy (non-hydrogen) atoms. The third-order valence-electron chi connectivity index (χ3n) is 1.22. The highest BCUT2D eigenvalue weighted by Crippen LogP contribution is 2.08. The molecule has 0 unspecified atom stereocenters. The van der Waals surface area contributed by atoms with Gasteiger partial charge < -0.3 is 5.41 Å². The molecule has 1 aromatic carbocycles. The lowest BCUT2D eigenvalue weighted by Crippen LogP contribution is -1.73. The second-order valence-electron chi connectivity index (χ2n) is 2.09. The standard InChI is InChI=1S/C9H10N2/c10-7-4-8-11-9-5-2-1-3-6-9/h1-3,5-8,10H,4H2. The summed E-state index contributed by atoms with van der Waals surface area (Å²) in [5, 5.41) is 6.75. The second-order valence-corrected chi connectivity index (χ2v) is 2.09. The maximum atomic E-state index is 6.75. The minimum Gasteiger partial charge on any atom is -0.313 e. The van der Waals surface area contributed by atoms with E-state index in [0.717, 1.165) is 5.69 Å². The van der Waals surface area contributed by atoms with Crippen LogP contribution in [0.25, 0.3) is 0 Å². The van der Waals surface area contributed by atoms with E-state index in [2.05, 4.69) is 4.99 Å². The van der Waals surface area contributed by atoms with Crippen LogP contribution < -0.4 is 0 Å². The highest BCUT2D eigenvalue weighted by Gasteiger charge is 1.80. The van der Waals surface area contributed by atoms with Crippen molar-refractivity contribution in [2.45, 2.75) is 6.42 Å². The van der Waals surface area contributed by atoms with Crippen molar-refractivity contribution in [3.05, 3.63) is 30.3 Å². The summed E-state index contributed by atoms with van der Waals surface area (Å²) < 4.78 is 0. The molecule has 1 rings (SSSR count). The smallest absolute Gasteiger partial charge is 0.0625 e. The first kappa shape index (κ1) is 7.66. The fourth-order valence-electron chi connectivity index (χ4n) is 0.725. The number of benzene rings is 1. The molecule has 0 atom stereocenters. The van der Waals surface area contributed by atoms with Crippen molar-refractivity contribution in [3.63, 3.8) is 0 Å². The molecular formula is C9H10N2. The van der Waals surface area contributed by atoms with Crippen LogP contribution in [0.15, 0.2) is 35.3 Å². The minimum atomic E-state index is 0.606. The van der Waals surface area contributed by atoms with Gasteiger partial charge in [0.25, 0.3) is 0 Å². The van der Waals surface area contributed by atoms with E-state index in [1.807, 2.05) is 30.3 Å². The molecule has 1 aromatic rings. The average molecular weight is 146 g/mol. The van der Waals surface area contributed by atoms with Gasteiger partial charge in [-0.25, -0.2) is 0 Å². The van der Waals surface area contributed by atoms with Crippen LogP contribution in [0.4, 0.5) is 5.69 Å². The lowest BCUT2D eigenvalue weighted by Gasteiger charge is -1.88. The van der Waals surface area contributed by atoms with Crippen LogP contribution >= 0.6 is 0 Å². The zero-order valence-corrected chi connectivity index (χ0v) is 6.20. The van der Waals surface area contributed by atoms with Gasteiger partial charge in [0.15, 0.2) is 0 Å². The van der Waals surface area contributed by atoms with Crippen LogP contribution in [0.5, 0.6) is 0 Å². The first-order chi connectivity index (χ1) is 5.43. The lowest BCUT2D eigenvalue weighted by atomic mass is 10.3. The Labute approximate surface area is 66.1 Å². The molecule has 0 aliphatic heterocycles. The summed E-state index contributed by atoms with van der Waals surface area (Å²) in [5.41, 5.74) is 0.939. The Bertz CT molecular complexity index is 239. The van der Waals surface area contributed by atoms with Gasteiger partial charge in [-0.2, -0.15) is 0 Å². The van der Waals surface area contributed by atoms with Crippen molar-refractivity contribution in [1.29, 1.82) is 5.41 Å². The summed E-state index contributed by atoms with van der Waals surface area (Å²) in [7, 11) is 0. The molecular weight excluding hydrogens is 136 g/mol. The van der Waals surface area contributed by atoms with Crippen LogP contribution in [-0.2, 0) is 0 Å². The molecule has 0 fully saturated rings. The Morgan fingerprint density at radius 2 is 2.00 bits per heavy atom. The van der Waals surface area contributed by atoms with E-state index in [0.29, 0.717) is 6.42 Å². The third kappa shape index (κ3) is 2.76. The van der Waals surface area contributed by atoms with E-state index < -0.39 is 0 Å². The summed E-state index contributed by atoms with van der Waals surface area (Å²) in [6.07, 6.45) is 3.66. The van der Waals surface area contributed by atoms with Crippen LogP contribution in [-0.4, -0.2) is 12.4 Å². The molecule has 0 saturated heterocycles. The van der Waals surface area contributed by atoms with Gasteiger partial charge in [0.05, 0.1) is 5.69 Å². The molecule has 0 aliphatic rings. The quantitative estimate of drug-likeness (QED) is 0.636. The van der Waals surface area contributed by atoms with E-state index in [4.69, 9.17) is 5.41 Å². The molecule has 0 aromatic heterocycles. The molecule has 0 saturated carbocycles. The van der Waals surface area contributed by atoms with Crippen molar-refractivity contribution in [2.24, 2.45) is 4.99 Å². The first-order valence-corrected chi connectivity index (χ1v) is 3.50. The molecule has 2 heteroatoms. The number of nitrogens with zero attached hydrogens (tertiary/aromatic N) is 1. The average Bonchev–Trinajstić information content (AvgIpc) is 2.07. The minimum absolute atomic E-state index is 0.606. The van der Waals surface area contributed by atoms with E-state index >= 15 is 0 Å². The zero-order valence-electron chi connectivity index (χ0n) is 6.20. The van der Waals surface area contributed by atoms with Gasteiger partial charge in [0.2, 0.25) is 0 Å². The number of hydrogen-bond acceptors (Lipinski definition) is 2. The van der Waals surface area contributed by atoms with E-state index in [1.54, 1.807) is 6.21 Å². The first-order valence-electron chi connectivity index (χ1n) is 3.50. The Kier molecular flexibility index (Phi) is 3.06. The predicted molar refractivity (Wildman–Crippen MR) is 48.0 cm³/mol. The van der Waals surface area contributed by atoms with Gasteiger partial charge in [-0.3, -0.25) is 4.99 Å². The SMILES string of the molecule is N=CCC=Nc1ccccc1. The maximum Gasteiger partial charge on any atom is 0.0625 e. The van der Waals surface area contributed by atoms with E-state index in [1.165, 1.54) is 6.21 Å². The summed E-state index contributed by atoms with van der Waals surface area (Å²) >= 11 is 0. The number of para-hydroxylation sites is 1. The summed E-state index contributed by atoms with van der Waals surface area (Å²) in [5.74, 6) is 0. The fourth-order valence-corrected chi connectivity index (χ4v) is 0.725. The Hall–Kier alpha value is -1.44. The summed E-state index contributed by atoms with van der Waals surface area (Å²) in [6.45, 7) is 0. The molecule has 0 heterocycles. The van der Waals surface area contributed by atoms with Crippen molar-refractivity contribution in [1.82, 2.24) is 0 Å². The highest BCUT2D eigenvalue weighted by molar-refractivity contribution is 5.79. The number of nitrogens with one attached hydrogen (secondary N) is 1. The molecule has 0 radical (unpaired) electrons. The number of hydrogen-bond donors (Lipinski definition) is 1. The molecule has 0 bridgehead atoms. The van der Waals surface area contributed by atoms with Crippen molar-refractivity contribution in [3.8, 4) is 0 Å². The normalized spacial score (nSPS) is 10.2. The maximum absolute atomic E-state index is 6.75. The largest absolute Gasteiger partial charge is 0.313 e. The second kappa shape index (κ2) is 4.39. The van der Waals surface area contributed by atoms with Gasteiger partial charge in [0.1, 0.15) is 0 Å². The molecule has 0 amide bonds. The van der Waals surface area contributed by atoms with Crippen LogP contribution in [0, 0.1) is 5.41 Å². The van der Waals surface area contributed by atoms with Gasteiger partial charge >= 0.3 is 0 Å². The topological polar surface area (TPSA) is 36.2 Å². The Balaban J connectivity index is 2.57. The van der Waals surface area contributed by atoms with Gasteiger partial charge in [-0.05, 0) is 12.1 Å². The molecule has 1 N–H and O–H groups in total. The van der Waals surface area contributed by atoms with Crippen molar-refractivity contribution < 1.29 is 0 Å². The van der Waals surface area contributed by atoms with Gasteiger partial charge in [-0.1, -0.05) is 18.2 Å². The Morgan fingerprint density at radius 1 is 1.27 bits per heavy atom. The van der Waals surface area contributed by atoms with E-state index in [9.17, 15) is 0 Å². The number of rotatable bonds is 3. The van der Waals surface area contributed by atoms with Crippen molar-refractivity contribution >= 4 is 18.1 Å². The summed E-state index contributed by atoms with van der Waals surface area (Å²) in [4.78, 5) is 4.12. The Morgan fingerprint density at radius 3 is 2.64 bits per heavy atom. The van der Waals surface area contributed by atoms with Gasteiger partial charge in [0, 0.05) is 18.9 Å². The predicted octanol–water partition coefficient (Wildman–Crippen LogP) is 2.43. The summed E-state index contributed by atoms with van der Waals surface area (Å²) in [6, 6.07) is 9.70. The third-order valence-corrected chi connectivity index (χ3v) is 1.22. The highest BCUT2D eigenvalue weighted by atomic mass is 14.7. The van der Waals surface area contributed by atoms with Crippen LogP contribution in [0.3, 0.4) is 0 Å².